The summed E-state index contributed by atoms with van der Waals surface area (Å²) < 4.78 is 11.9. The number of carbonyl (C=O) groups is 1. The zero-order chi connectivity index (χ0) is 21.5. The van der Waals surface area contributed by atoms with Gasteiger partial charge in [-0.15, -0.1) is 11.3 Å². The Labute approximate surface area is 181 Å². The van der Waals surface area contributed by atoms with Gasteiger partial charge < -0.3 is 19.5 Å². The van der Waals surface area contributed by atoms with Crippen LogP contribution in [0.25, 0.3) is 10.2 Å². The molecular formula is C22H31N3O4S. The molecule has 4 rings (SSSR count). The van der Waals surface area contributed by atoms with Crippen molar-refractivity contribution in [2.24, 2.45) is 0 Å². The van der Waals surface area contributed by atoms with E-state index in [4.69, 9.17) is 9.47 Å². The van der Waals surface area contributed by atoms with Gasteiger partial charge in [0.15, 0.2) is 0 Å². The van der Waals surface area contributed by atoms with E-state index in [1.807, 2.05) is 27.8 Å². The molecule has 7 nitrogen and oxygen atoms in total. The maximum atomic E-state index is 12.4. The van der Waals surface area contributed by atoms with Gasteiger partial charge in [0.1, 0.15) is 22.9 Å². The first-order valence-corrected chi connectivity index (χ1v) is 11.6. The molecule has 8 heteroatoms. The normalized spacial score (nSPS) is 24.0. The molecule has 2 aliphatic carbocycles. The number of rotatable bonds is 4. The summed E-state index contributed by atoms with van der Waals surface area (Å²) in [6.45, 7) is 5.80. The molecule has 1 amide bonds. The van der Waals surface area contributed by atoms with E-state index in [-0.39, 0.29) is 30.8 Å². The third kappa shape index (κ3) is 4.25. The Hall–Kier alpha value is -1.93. The van der Waals surface area contributed by atoms with Crippen molar-refractivity contribution < 1.29 is 19.4 Å². The third-order valence-electron chi connectivity index (χ3n) is 6.07. The van der Waals surface area contributed by atoms with Crippen molar-refractivity contribution in [1.29, 1.82) is 0 Å². The van der Waals surface area contributed by atoms with Crippen molar-refractivity contribution in [2.45, 2.75) is 83.0 Å². The van der Waals surface area contributed by atoms with Crippen molar-refractivity contribution in [3.8, 4) is 5.88 Å². The lowest BCUT2D eigenvalue weighted by Gasteiger charge is -2.35. The van der Waals surface area contributed by atoms with Crippen LogP contribution in [0.1, 0.15) is 69.2 Å². The van der Waals surface area contributed by atoms with Crippen LogP contribution < -0.4 is 4.74 Å². The molecule has 1 fully saturated rings. The Morgan fingerprint density at radius 3 is 2.63 bits per heavy atom. The predicted octanol–water partition coefficient (Wildman–Crippen LogP) is 4.27. The van der Waals surface area contributed by atoms with Crippen LogP contribution in [0.5, 0.6) is 5.88 Å². The minimum atomic E-state index is -0.489. The van der Waals surface area contributed by atoms with E-state index < -0.39 is 5.60 Å². The molecule has 0 radical (unpaired) electrons. The van der Waals surface area contributed by atoms with Gasteiger partial charge in [0.25, 0.3) is 0 Å². The Morgan fingerprint density at radius 2 is 1.97 bits per heavy atom. The third-order valence-corrected chi connectivity index (χ3v) is 7.24. The first-order chi connectivity index (χ1) is 14.3. The van der Waals surface area contributed by atoms with Crippen LogP contribution in [0.2, 0.25) is 0 Å². The molecule has 1 saturated carbocycles. The molecule has 2 heterocycles. The maximum absolute atomic E-state index is 12.4. The standard InChI is InChI=1S/C22H31N3O4S/c1-22(2,3)29-21(27)25(4)14-6-8-15(9-7-14)28-19-18-17-13(11-26)5-10-16(17)30-20(18)24-12-23-19/h12-15,26H,5-11H2,1-4H3/t13-,14-,15-/m1/s1. The zero-order valence-corrected chi connectivity index (χ0v) is 19.0. The first kappa shape index (κ1) is 21.3. The van der Waals surface area contributed by atoms with E-state index >= 15 is 0 Å². The average Bonchev–Trinajstić information content (AvgIpc) is 3.26. The largest absolute Gasteiger partial charge is 0.474 e. The second-order valence-electron chi connectivity index (χ2n) is 9.36. The SMILES string of the molecule is CN(C(=O)OC(C)(C)C)[C@H]1CC[C@H](Oc2ncnc3sc4c(c23)[C@@H](CO)CC4)CC1. The van der Waals surface area contributed by atoms with E-state index in [1.165, 1.54) is 10.4 Å². The maximum Gasteiger partial charge on any atom is 0.410 e. The summed E-state index contributed by atoms with van der Waals surface area (Å²) >= 11 is 1.69. The Morgan fingerprint density at radius 1 is 1.23 bits per heavy atom. The van der Waals surface area contributed by atoms with Gasteiger partial charge in [-0.3, -0.25) is 0 Å². The minimum Gasteiger partial charge on any atom is -0.474 e. The van der Waals surface area contributed by atoms with E-state index in [0.717, 1.165) is 48.7 Å². The fourth-order valence-electron chi connectivity index (χ4n) is 4.50. The number of ether oxygens (including phenoxy) is 2. The number of aryl methyl sites for hydroxylation is 1. The minimum absolute atomic E-state index is 0.0657. The Balaban J connectivity index is 1.43. The number of aliphatic hydroxyl groups excluding tert-OH is 1. The van der Waals surface area contributed by atoms with Crippen molar-refractivity contribution in [3.05, 3.63) is 16.8 Å². The lowest BCUT2D eigenvalue weighted by Crippen LogP contribution is -2.43. The van der Waals surface area contributed by atoms with Gasteiger partial charge in [-0.25, -0.2) is 14.8 Å². The molecule has 2 aromatic rings. The molecule has 0 aromatic carbocycles. The van der Waals surface area contributed by atoms with Crippen LogP contribution >= 0.6 is 11.3 Å². The lowest BCUT2D eigenvalue weighted by molar-refractivity contribution is 0.0137. The van der Waals surface area contributed by atoms with E-state index in [9.17, 15) is 9.90 Å². The number of aliphatic hydroxyl groups is 1. The number of hydrogen-bond donors (Lipinski definition) is 1. The van der Waals surface area contributed by atoms with Gasteiger partial charge in [0.2, 0.25) is 5.88 Å². The number of carbonyl (C=O) groups excluding carboxylic acids is 1. The molecule has 0 bridgehead atoms. The summed E-state index contributed by atoms with van der Waals surface area (Å²) in [6, 6.07) is 0.161. The van der Waals surface area contributed by atoms with Gasteiger partial charge in [-0.2, -0.15) is 0 Å². The highest BCUT2D eigenvalue weighted by Crippen LogP contribution is 2.46. The summed E-state index contributed by atoms with van der Waals surface area (Å²) in [7, 11) is 1.82. The highest BCUT2D eigenvalue weighted by molar-refractivity contribution is 7.19. The van der Waals surface area contributed by atoms with Crippen molar-refractivity contribution in [2.75, 3.05) is 13.7 Å². The molecule has 2 aliphatic rings. The Kier molecular flexibility index (Phi) is 5.90. The number of hydrogen-bond acceptors (Lipinski definition) is 7. The number of aromatic nitrogens is 2. The molecule has 164 valence electrons. The van der Waals surface area contributed by atoms with Crippen LogP contribution in [0, 0.1) is 0 Å². The molecule has 0 aliphatic heterocycles. The van der Waals surface area contributed by atoms with Gasteiger partial charge >= 0.3 is 6.09 Å². The molecule has 30 heavy (non-hydrogen) atoms. The summed E-state index contributed by atoms with van der Waals surface area (Å²) in [6.07, 6.45) is 6.79. The highest BCUT2D eigenvalue weighted by Gasteiger charge is 2.33. The highest BCUT2D eigenvalue weighted by atomic mass is 32.1. The monoisotopic (exact) mass is 433 g/mol. The number of fused-ring (bicyclic) bond motifs is 3. The summed E-state index contributed by atoms with van der Waals surface area (Å²) in [5.74, 6) is 0.794. The van der Waals surface area contributed by atoms with Gasteiger partial charge in [-0.05, 0) is 64.9 Å². The molecule has 0 unspecified atom stereocenters. The van der Waals surface area contributed by atoms with Crippen molar-refractivity contribution in [3.63, 3.8) is 0 Å². The molecule has 1 atom stereocenters. The van der Waals surface area contributed by atoms with Crippen molar-refractivity contribution >= 4 is 27.6 Å². The molecule has 0 saturated heterocycles. The van der Waals surface area contributed by atoms with Crippen LogP contribution in [0.3, 0.4) is 0 Å². The van der Waals surface area contributed by atoms with Crippen LogP contribution in [-0.4, -0.2) is 57.5 Å². The number of nitrogens with zero attached hydrogens (tertiary/aromatic N) is 3. The fraction of sp³-hybridized carbons (Fsp3) is 0.682. The number of thiophene rings is 1. The van der Waals surface area contributed by atoms with Crippen LogP contribution in [0.4, 0.5) is 4.79 Å². The van der Waals surface area contributed by atoms with E-state index in [2.05, 4.69) is 9.97 Å². The zero-order valence-electron chi connectivity index (χ0n) is 18.2. The van der Waals surface area contributed by atoms with E-state index in [1.54, 1.807) is 22.6 Å². The molecule has 0 spiro atoms. The quantitative estimate of drug-likeness (QED) is 0.775. The molecular weight excluding hydrogens is 402 g/mol. The topological polar surface area (TPSA) is 84.8 Å². The van der Waals surface area contributed by atoms with E-state index in [0.29, 0.717) is 5.88 Å². The van der Waals surface area contributed by atoms with Crippen molar-refractivity contribution in [1.82, 2.24) is 14.9 Å². The molecule has 1 N–H and O–H groups in total. The van der Waals surface area contributed by atoms with Gasteiger partial charge in [-0.1, -0.05) is 0 Å². The summed E-state index contributed by atoms with van der Waals surface area (Å²) in [4.78, 5) is 25.2. The molecule has 2 aromatic heterocycles. The van der Waals surface area contributed by atoms with Crippen LogP contribution in [-0.2, 0) is 11.2 Å². The fourth-order valence-corrected chi connectivity index (χ4v) is 5.73. The summed E-state index contributed by atoms with van der Waals surface area (Å²) in [5.41, 5.74) is 0.698. The Bertz CT molecular complexity index is 915. The predicted molar refractivity (Wildman–Crippen MR) is 116 cm³/mol. The second-order valence-corrected chi connectivity index (χ2v) is 10.4. The second kappa shape index (κ2) is 8.30. The average molecular weight is 434 g/mol. The first-order valence-electron chi connectivity index (χ1n) is 10.8. The number of amides is 1. The lowest BCUT2D eigenvalue weighted by atomic mass is 9.92. The smallest absolute Gasteiger partial charge is 0.410 e. The summed E-state index contributed by atoms with van der Waals surface area (Å²) in [5, 5.41) is 10.8. The van der Waals surface area contributed by atoms with Gasteiger partial charge in [0.05, 0.1) is 12.0 Å². The van der Waals surface area contributed by atoms with Gasteiger partial charge in [0, 0.05) is 23.9 Å². The van der Waals surface area contributed by atoms with Crippen LogP contribution in [0.15, 0.2) is 6.33 Å².